The average Bonchev–Trinajstić information content (AvgIpc) is 4.04. The number of esters is 2. The molecular formula is C47H45BCl3F2N12O9. The van der Waals surface area contributed by atoms with Crippen molar-refractivity contribution in [3.8, 4) is 34.3 Å². The molecule has 5 N–H and O–H groups in total. The fraction of sp³-hybridized carbons (Fsp3) is 0.255. The molecular weight excluding hydrogens is 1030 g/mol. The van der Waals surface area contributed by atoms with Gasteiger partial charge in [0.2, 0.25) is 0 Å². The van der Waals surface area contributed by atoms with Crippen LogP contribution in [0.25, 0.3) is 22.8 Å². The first-order valence-corrected chi connectivity index (χ1v) is 22.7. The monoisotopic (exact) mass is 1080 g/mol. The van der Waals surface area contributed by atoms with E-state index >= 15 is 0 Å². The van der Waals surface area contributed by atoms with Gasteiger partial charge >= 0.3 is 11.9 Å². The van der Waals surface area contributed by atoms with Gasteiger partial charge in [-0.1, -0.05) is 23.2 Å². The maximum atomic E-state index is 14.4. The number of hydrogen-bond donors (Lipinski definition) is 5. The van der Waals surface area contributed by atoms with Gasteiger partial charge < -0.3 is 55.1 Å². The molecule has 2 aliphatic heterocycles. The largest absolute Gasteiger partial charge is 0.491 e. The lowest BCUT2D eigenvalue weighted by Gasteiger charge is -2.18. The van der Waals surface area contributed by atoms with Gasteiger partial charge in [-0.2, -0.15) is 0 Å². The lowest BCUT2D eigenvalue weighted by atomic mass is 9.93. The molecule has 8 rings (SSSR count). The normalized spacial score (nSPS) is 16.8. The van der Waals surface area contributed by atoms with Gasteiger partial charge in [0.1, 0.15) is 23.7 Å². The fourth-order valence-corrected chi connectivity index (χ4v) is 8.05. The van der Waals surface area contributed by atoms with Gasteiger partial charge in [-0.15, -0.1) is 12.4 Å². The summed E-state index contributed by atoms with van der Waals surface area (Å²) < 4.78 is 49.0. The maximum absolute atomic E-state index is 14.4. The number of carbonyl (C=O) groups excluding carboxylic acids is 5. The summed E-state index contributed by atoms with van der Waals surface area (Å²) in [5, 5.41) is 15.5. The Bertz CT molecular complexity index is 3030. The minimum atomic E-state index is -0.697. The molecule has 2 aliphatic rings. The zero-order valence-electron chi connectivity index (χ0n) is 39.6. The van der Waals surface area contributed by atoms with E-state index in [4.69, 9.17) is 42.1 Å². The van der Waals surface area contributed by atoms with E-state index in [2.05, 4.69) is 56.5 Å². The average molecular weight is 1080 g/mol. The highest BCUT2D eigenvalue weighted by molar-refractivity contribution is 6.64. The molecule has 0 saturated carbocycles. The zero-order valence-corrected chi connectivity index (χ0v) is 41.9. The minimum absolute atomic E-state index is 0. The standard InChI is InChI=1S/C24H22BClFN6O5.C23H22ClFN6O4.ClH/c1-37-20-10-29-21(15-7-13(26)3-4-17(15)27)32-22(20)31-18-5-6-28-9-16(18)23(35)30-14-8-19(24(36)38-2)33(11-14)25-12-34;1-34-19-11-28-20(14-7-12(24)3-4-16(14)25)31-21(19)30-17-5-6-26-10-15(17)22(32)29-13-8-18(27-9-13)23(33)35-2;/h3-7,9-10,12,14,19H,8,11H2,1-2H3,(H,30,35)(H,28,29,31,32);3-7,10-11,13,18,27H,8-9H2,1-2H3,(H,29,32)(H,26,28,30,31);1H/t14-,19-;13-,18-;/m11./s1. The molecule has 0 aliphatic carbocycles. The lowest BCUT2D eigenvalue weighted by molar-refractivity contribution is -0.144. The van der Waals surface area contributed by atoms with Gasteiger partial charge in [-0.3, -0.25) is 29.1 Å². The maximum Gasteiger partial charge on any atom is 0.322 e. The van der Waals surface area contributed by atoms with Gasteiger partial charge in [0.15, 0.2) is 34.8 Å². The first-order valence-electron chi connectivity index (χ1n) is 21.9. The van der Waals surface area contributed by atoms with Crippen molar-refractivity contribution in [3.05, 3.63) is 119 Å². The smallest absolute Gasteiger partial charge is 0.322 e. The number of nitrogens with zero attached hydrogens (tertiary/aromatic N) is 7. The van der Waals surface area contributed by atoms with Crippen LogP contribution in [-0.4, -0.2) is 138 Å². The second-order valence-corrected chi connectivity index (χ2v) is 16.8. The summed E-state index contributed by atoms with van der Waals surface area (Å²) in [5.74, 6) is -1.80. The molecule has 2 aromatic carbocycles. The highest BCUT2D eigenvalue weighted by Gasteiger charge is 2.38. The predicted octanol–water partition coefficient (Wildman–Crippen LogP) is 5.38. The molecule has 6 heterocycles. The fourth-order valence-electron chi connectivity index (χ4n) is 7.71. The molecule has 0 unspecified atom stereocenters. The van der Waals surface area contributed by atoms with Gasteiger partial charge in [-0.25, -0.2) is 28.7 Å². The van der Waals surface area contributed by atoms with Crippen LogP contribution in [0.3, 0.4) is 0 Å². The summed E-state index contributed by atoms with van der Waals surface area (Å²) in [5.41, 5.74) is 1.35. The van der Waals surface area contributed by atoms with Crippen LogP contribution in [-0.2, 0) is 23.9 Å². The number of hydrogen-bond acceptors (Lipinski definition) is 19. The van der Waals surface area contributed by atoms with Crippen molar-refractivity contribution in [1.82, 2.24) is 50.7 Å². The Morgan fingerprint density at radius 2 is 1.22 bits per heavy atom. The Hall–Kier alpha value is -7.64. The highest BCUT2D eigenvalue weighted by atomic mass is 35.5. The van der Waals surface area contributed by atoms with E-state index < -0.39 is 47.5 Å². The van der Waals surface area contributed by atoms with Crippen LogP contribution in [0.5, 0.6) is 11.5 Å². The van der Waals surface area contributed by atoms with Gasteiger partial charge in [-0.05, 0) is 61.4 Å². The van der Waals surface area contributed by atoms with Crippen LogP contribution in [0.2, 0.25) is 10.0 Å². The second-order valence-electron chi connectivity index (χ2n) is 15.9. The summed E-state index contributed by atoms with van der Waals surface area (Å²) >= 11 is 12.0. The number of nitrogens with one attached hydrogen (secondary N) is 5. The van der Waals surface area contributed by atoms with Crippen molar-refractivity contribution in [2.75, 3.05) is 52.2 Å². The van der Waals surface area contributed by atoms with E-state index in [1.165, 1.54) is 114 Å². The third kappa shape index (κ3) is 13.5. The van der Waals surface area contributed by atoms with Gasteiger partial charge in [0.05, 0.1) is 80.6 Å². The van der Waals surface area contributed by atoms with Crippen LogP contribution in [0, 0.1) is 11.6 Å². The Labute approximate surface area is 438 Å². The van der Waals surface area contributed by atoms with E-state index in [1.807, 2.05) is 0 Å². The molecule has 2 saturated heterocycles. The van der Waals surface area contributed by atoms with Crippen LogP contribution in [0.4, 0.5) is 31.8 Å². The Morgan fingerprint density at radius 3 is 1.69 bits per heavy atom. The third-order valence-electron chi connectivity index (χ3n) is 11.3. The van der Waals surface area contributed by atoms with Crippen molar-refractivity contribution in [2.45, 2.75) is 37.0 Å². The molecule has 2 fully saturated rings. The summed E-state index contributed by atoms with van der Waals surface area (Å²) in [6.45, 7) is 0.657. The summed E-state index contributed by atoms with van der Waals surface area (Å²) in [7, 11) is 6.68. The molecule has 1 radical (unpaired) electrons. The molecule has 4 aromatic heterocycles. The van der Waals surface area contributed by atoms with Crippen molar-refractivity contribution >= 4 is 96.0 Å². The van der Waals surface area contributed by atoms with E-state index in [0.717, 1.165) is 0 Å². The number of benzene rings is 2. The highest BCUT2D eigenvalue weighted by Crippen LogP contribution is 2.33. The number of anilines is 4. The van der Waals surface area contributed by atoms with Gasteiger partial charge in [0, 0.05) is 60.0 Å². The topological polar surface area (TPSA) is 263 Å². The first kappa shape index (κ1) is 55.7. The van der Waals surface area contributed by atoms with E-state index in [1.54, 1.807) is 12.1 Å². The predicted molar refractivity (Wildman–Crippen MR) is 271 cm³/mol. The Morgan fingerprint density at radius 1 is 0.716 bits per heavy atom. The molecule has 0 spiro atoms. The van der Waals surface area contributed by atoms with Crippen molar-refractivity contribution in [2.24, 2.45) is 0 Å². The van der Waals surface area contributed by atoms with E-state index in [-0.39, 0.29) is 94.4 Å². The number of ether oxygens (including phenoxy) is 4. The van der Waals surface area contributed by atoms with Crippen molar-refractivity contribution in [1.29, 1.82) is 0 Å². The quantitative estimate of drug-likeness (QED) is 0.0463. The number of halogens is 5. The Kier molecular flexibility index (Phi) is 19.4. The zero-order chi connectivity index (χ0) is 52.2. The third-order valence-corrected chi connectivity index (χ3v) is 11.7. The Balaban J connectivity index is 0.000000238. The molecule has 27 heteroatoms. The second kappa shape index (κ2) is 25.8. The molecule has 21 nitrogen and oxygen atoms in total. The number of aromatic nitrogens is 6. The van der Waals surface area contributed by atoms with Crippen molar-refractivity contribution < 1.29 is 51.7 Å². The number of pyridine rings is 2. The number of amides is 2. The van der Waals surface area contributed by atoms with Crippen LogP contribution in [0.15, 0.2) is 85.7 Å². The molecule has 385 valence electrons. The van der Waals surface area contributed by atoms with Crippen molar-refractivity contribution in [3.63, 3.8) is 0 Å². The first-order chi connectivity index (χ1) is 35.2. The molecule has 6 aromatic rings. The van der Waals surface area contributed by atoms with E-state index in [0.29, 0.717) is 40.6 Å². The van der Waals surface area contributed by atoms with Crippen LogP contribution < -0.4 is 36.1 Å². The van der Waals surface area contributed by atoms with E-state index in [9.17, 15) is 32.8 Å². The lowest BCUT2D eigenvalue weighted by Crippen LogP contribution is -2.41. The number of carbonyl (C=O) groups is 5. The molecule has 74 heavy (non-hydrogen) atoms. The number of methoxy groups -OCH3 is 4. The minimum Gasteiger partial charge on any atom is -0.491 e. The summed E-state index contributed by atoms with van der Waals surface area (Å²) in [6, 6.07) is 9.38. The number of rotatable bonds is 16. The molecule has 0 bridgehead atoms. The molecule has 4 atom stereocenters. The summed E-state index contributed by atoms with van der Waals surface area (Å²) in [4.78, 5) is 87.8. The van der Waals surface area contributed by atoms with Crippen LogP contribution >= 0.6 is 35.6 Å². The van der Waals surface area contributed by atoms with Crippen LogP contribution in [0.1, 0.15) is 33.6 Å². The SMILES string of the molecule is COC(=O)[C@H]1C[C@@H](NC(=O)c2cnccc2Nc2nc(-c3cc(Cl)ccc3F)ncc2OC)CN1.COC(=O)[C@H]1C[C@@H](NC(=O)c2cnccc2Nc2nc(-c3cc(Cl)ccc3F)ncc2OC)CN1[B]C=O.Cl. The van der Waals surface area contributed by atoms with Gasteiger partial charge in [0.25, 0.3) is 19.2 Å². The summed E-state index contributed by atoms with van der Waals surface area (Å²) in [6.07, 6.45) is 9.74. The molecule has 2 amide bonds.